The minimum absolute atomic E-state index is 0.140. The number of methoxy groups -OCH3 is 1. The third-order valence-corrected chi connectivity index (χ3v) is 7.80. The van der Waals surface area contributed by atoms with Crippen LogP contribution in [-0.2, 0) is 10.0 Å². The predicted molar refractivity (Wildman–Crippen MR) is 114 cm³/mol. The van der Waals surface area contributed by atoms with Crippen LogP contribution in [0.25, 0.3) is 16.5 Å². The van der Waals surface area contributed by atoms with Gasteiger partial charge in [0.1, 0.15) is 10.5 Å². The average Bonchev–Trinajstić information content (AvgIpc) is 3.18. The standard InChI is InChI=1S/C21H19N3O5S/c1-21(30(27,28)23-12-9-15-14-22-11-8-19(15)23)10-4-3-5-18(21)17-13-16(24(25)26)6-7-20(17)29-2/h3-9,11-14H,10H2,1-2H3. The molecule has 0 spiro atoms. The Kier molecular flexibility index (Phi) is 4.70. The average molecular weight is 425 g/mol. The summed E-state index contributed by atoms with van der Waals surface area (Å²) in [5, 5.41) is 12.0. The molecular weight excluding hydrogens is 406 g/mol. The van der Waals surface area contributed by atoms with Gasteiger partial charge in [-0.1, -0.05) is 18.2 Å². The van der Waals surface area contributed by atoms with Crippen LogP contribution in [0, 0.1) is 10.1 Å². The number of hydrogen-bond donors (Lipinski definition) is 0. The van der Waals surface area contributed by atoms with Gasteiger partial charge >= 0.3 is 0 Å². The SMILES string of the molecule is COc1ccc([N+](=O)[O-])cc1C1=CC=CCC1(C)S(=O)(=O)n1ccc2cnccc21. The van der Waals surface area contributed by atoms with E-state index >= 15 is 0 Å². The molecule has 154 valence electrons. The molecule has 0 aliphatic heterocycles. The molecule has 4 rings (SSSR count). The highest BCUT2D eigenvalue weighted by molar-refractivity contribution is 7.92. The molecule has 9 heteroatoms. The highest BCUT2D eigenvalue weighted by Gasteiger charge is 2.45. The first-order valence-corrected chi connectivity index (χ1v) is 10.6. The summed E-state index contributed by atoms with van der Waals surface area (Å²) in [5.74, 6) is 0.366. The van der Waals surface area contributed by atoms with Crippen LogP contribution in [0.1, 0.15) is 18.9 Å². The van der Waals surface area contributed by atoms with Gasteiger partial charge in [0.15, 0.2) is 0 Å². The van der Waals surface area contributed by atoms with Gasteiger partial charge in [0, 0.05) is 41.7 Å². The van der Waals surface area contributed by atoms with Gasteiger partial charge in [-0.3, -0.25) is 15.1 Å². The van der Waals surface area contributed by atoms with Crippen molar-refractivity contribution in [2.24, 2.45) is 0 Å². The smallest absolute Gasteiger partial charge is 0.270 e. The van der Waals surface area contributed by atoms with Crippen LogP contribution in [0.4, 0.5) is 5.69 Å². The van der Waals surface area contributed by atoms with Gasteiger partial charge in [-0.25, -0.2) is 12.4 Å². The highest BCUT2D eigenvalue weighted by atomic mass is 32.2. The van der Waals surface area contributed by atoms with Crippen molar-refractivity contribution < 1.29 is 18.1 Å². The largest absolute Gasteiger partial charge is 0.496 e. The second-order valence-electron chi connectivity index (χ2n) is 7.14. The van der Waals surface area contributed by atoms with Crippen LogP contribution >= 0.6 is 0 Å². The zero-order valence-electron chi connectivity index (χ0n) is 16.3. The van der Waals surface area contributed by atoms with Gasteiger partial charge in [0.05, 0.1) is 17.5 Å². The van der Waals surface area contributed by atoms with E-state index in [9.17, 15) is 18.5 Å². The van der Waals surface area contributed by atoms with Crippen molar-refractivity contribution >= 4 is 32.2 Å². The molecule has 0 radical (unpaired) electrons. The lowest BCUT2D eigenvalue weighted by Gasteiger charge is -2.34. The molecule has 1 aromatic carbocycles. The molecule has 1 aliphatic rings. The summed E-state index contributed by atoms with van der Waals surface area (Å²) in [4.78, 5) is 14.9. The number of non-ortho nitro benzene ring substituents is 1. The fourth-order valence-electron chi connectivity index (χ4n) is 3.77. The Morgan fingerprint density at radius 3 is 2.80 bits per heavy atom. The molecule has 0 fully saturated rings. The fourth-order valence-corrected chi connectivity index (χ4v) is 5.61. The number of pyridine rings is 1. The van der Waals surface area contributed by atoms with Crippen LogP contribution in [0.2, 0.25) is 0 Å². The van der Waals surface area contributed by atoms with Crippen molar-refractivity contribution in [2.75, 3.05) is 7.11 Å². The Morgan fingerprint density at radius 1 is 1.27 bits per heavy atom. The second kappa shape index (κ2) is 7.10. The summed E-state index contributed by atoms with van der Waals surface area (Å²) >= 11 is 0. The lowest BCUT2D eigenvalue weighted by molar-refractivity contribution is -0.384. The van der Waals surface area contributed by atoms with Crippen molar-refractivity contribution in [3.63, 3.8) is 0 Å². The topological polar surface area (TPSA) is 104 Å². The van der Waals surface area contributed by atoms with Crippen LogP contribution in [0.5, 0.6) is 5.75 Å². The van der Waals surface area contributed by atoms with Crippen molar-refractivity contribution in [1.82, 2.24) is 8.96 Å². The Bertz CT molecular complexity index is 1320. The molecule has 8 nitrogen and oxygen atoms in total. The van der Waals surface area contributed by atoms with Crippen molar-refractivity contribution in [1.29, 1.82) is 0 Å². The number of rotatable bonds is 5. The number of fused-ring (bicyclic) bond motifs is 1. The fraction of sp³-hybridized carbons (Fsp3) is 0.190. The summed E-state index contributed by atoms with van der Waals surface area (Å²) < 4.78 is 33.0. The number of allylic oxidation sites excluding steroid dienone is 3. The normalized spacial score (nSPS) is 18.9. The number of nitrogens with zero attached hydrogens (tertiary/aromatic N) is 3. The van der Waals surface area contributed by atoms with Crippen LogP contribution in [-0.4, -0.2) is 34.2 Å². The quantitative estimate of drug-likeness (QED) is 0.453. The predicted octanol–water partition coefficient (Wildman–Crippen LogP) is 3.93. The molecule has 1 unspecified atom stereocenters. The molecule has 2 aromatic heterocycles. The van der Waals surface area contributed by atoms with Crippen molar-refractivity contribution in [3.05, 3.63) is 82.8 Å². The number of benzene rings is 1. The van der Waals surface area contributed by atoms with E-state index in [1.54, 1.807) is 43.5 Å². The van der Waals surface area contributed by atoms with Crippen LogP contribution in [0.3, 0.4) is 0 Å². The maximum Gasteiger partial charge on any atom is 0.270 e. The molecule has 0 saturated carbocycles. The lowest BCUT2D eigenvalue weighted by Crippen LogP contribution is -2.41. The maximum atomic E-state index is 13.9. The monoisotopic (exact) mass is 425 g/mol. The van der Waals surface area contributed by atoms with Crippen molar-refractivity contribution in [2.45, 2.75) is 18.1 Å². The number of aromatic nitrogens is 2. The summed E-state index contributed by atoms with van der Waals surface area (Å²) in [6, 6.07) is 7.51. The van der Waals surface area contributed by atoms with Gasteiger partial charge < -0.3 is 4.74 Å². The third kappa shape index (κ3) is 2.89. The van der Waals surface area contributed by atoms with E-state index in [0.717, 1.165) is 0 Å². The lowest BCUT2D eigenvalue weighted by atomic mass is 9.86. The van der Waals surface area contributed by atoms with Gasteiger partial charge in [0.2, 0.25) is 10.0 Å². The third-order valence-electron chi connectivity index (χ3n) is 5.44. The zero-order chi connectivity index (χ0) is 21.5. The van der Waals surface area contributed by atoms with E-state index in [1.807, 2.05) is 0 Å². The second-order valence-corrected chi connectivity index (χ2v) is 9.38. The summed E-state index contributed by atoms with van der Waals surface area (Å²) in [6.45, 7) is 1.63. The highest BCUT2D eigenvalue weighted by Crippen LogP contribution is 2.45. The summed E-state index contributed by atoms with van der Waals surface area (Å²) in [5.41, 5.74) is 1.19. The first-order valence-electron chi connectivity index (χ1n) is 9.16. The van der Waals surface area contributed by atoms with Gasteiger partial charge in [-0.2, -0.15) is 0 Å². The number of nitro benzene ring substituents is 1. The van der Waals surface area contributed by atoms with E-state index in [-0.39, 0.29) is 12.1 Å². The van der Waals surface area contributed by atoms with E-state index in [2.05, 4.69) is 4.98 Å². The van der Waals surface area contributed by atoms with Crippen LogP contribution in [0.15, 0.2) is 67.2 Å². The molecule has 1 atom stereocenters. The molecule has 2 heterocycles. The van der Waals surface area contributed by atoms with E-state index in [0.29, 0.717) is 27.8 Å². The Morgan fingerprint density at radius 2 is 2.07 bits per heavy atom. The summed E-state index contributed by atoms with van der Waals surface area (Å²) in [7, 11) is -2.51. The number of nitro groups is 1. The van der Waals surface area contributed by atoms with E-state index < -0.39 is 19.7 Å². The molecule has 0 N–H and O–H groups in total. The maximum absolute atomic E-state index is 13.9. The first kappa shape index (κ1) is 19.8. The first-order chi connectivity index (χ1) is 14.3. The molecule has 0 bridgehead atoms. The Hall–Kier alpha value is -3.46. The zero-order valence-corrected chi connectivity index (χ0v) is 17.2. The van der Waals surface area contributed by atoms with Gasteiger partial charge in [0.25, 0.3) is 5.69 Å². The van der Waals surface area contributed by atoms with Gasteiger partial charge in [-0.15, -0.1) is 0 Å². The Balaban J connectivity index is 1.94. The molecule has 1 aliphatic carbocycles. The Labute approximate surface area is 173 Å². The minimum Gasteiger partial charge on any atom is -0.496 e. The molecule has 30 heavy (non-hydrogen) atoms. The van der Waals surface area contributed by atoms with E-state index in [1.165, 1.54) is 41.7 Å². The summed E-state index contributed by atoms with van der Waals surface area (Å²) in [6.07, 6.45) is 10.1. The molecular formula is C21H19N3O5S. The molecule has 0 saturated heterocycles. The molecule has 3 aromatic rings. The minimum atomic E-state index is -3.96. The molecule has 0 amide bonds. The van der Waals surface area contributed by atoms with E-state index in [4.69, 9.17) is 4.74 Å². The van der Waals surface area contributed by atoms with Gasteiger partial charge in [-0.05, 0) is 37.1 Å². The van der Waals surface area contributed by atoms with Crippen LogP contribution < -0.4 is 4.74 Å². The number of hydrogen-bond acceptors (Lipinski definition) is 6. The number of ether oxygens (including phenoxy) is 1. The van der Waals surface area contributed by atoms with Crippen molar-refractivity contribution in [3.8, 4) is 5.75 Å².